The summed E-state index contributed by atoms with van der Waals surface area (Å²) < 4.78 is 0. The van der Waals surface area contributed by atoms with Gasteiger partial charge < -0.3 is 5.32 Å². The van der Waals surface area contributed by atoms with E-state index in [4.69, 9.17) is 9.97 Å². The minimum Gasteiger partial charge on any atom is -0.366 e. The molecule has 6 heteroatoms. The van der Waals surface area contributed by atoms with E-state index in [1.807, 2.05) is 36.7 Å². The van der Waals surface area contributed by atoms with E-state index in [2.05, 4.69) is 154 Å². The third kappa shape index (κ3) is 6.25. The molecular formula is C46H32N6. The highest BCUT2D eigenvalue weighted by atomic mass is 15.1. The fourth-order valence-electron chi connectivity index (χ4n) is 6.64. The van der Waals surface area contributed by atoms with Crippen molar-refractivity contribution >= 4 is 17.1 Å². The normalized spacial score (nSPS) is 13.6. The topological polar surface area (TPSA) is 76.0 Å². The van der Waals surface area contributed by atoms with E-state index in [-0.39, 0.29) is 6.17 Å². The lowest BCUT2D eigenvalue weighted by Crippen LogP contribution is -2.15. The van der Waals surface area contributed by atoms with Gasteiger partial charge in [-0.05, 0) is 87.6 Å². The molecule has 9 rings (SSSR count). The lowest BCUT2D eigenvalue weighted by atomic mass is 9.94. The standard InChI is InChI=1S/C46H32N6/c1-3-9-31(10-4-1)37-21-22-42-41(30-37)43(34-11-5-2-6-12-34)52-46(51-42)40-28-38(32-13-17-35(18-14-32)44-47-23-7-24-48-44)27-39(29-40)33-15-19-36(20-16-33)45-49-25-8-26-50-45/h1-30,44,47H. The summed E-state index contributed by atoms with van der Waals surface area (Å²) >= 11 is 0. The van der Waals surface area contributed by atoms with E-state index in [1.165, 1.54) is 0 Å². The average Bonchev–Trinajstić information content (AvgIpc) is 3.24. The van der Waals surface area contributed by atoms with Gasteiger partial charge in [-0.1, -0.05) is 115 Å². The van der Waals surface area contributed by atoms with Gasteiger partial charge in [0.1, 0.15) is 6.17 Å². The SMILES string of the molecule is C1=CNC(c2ccc(-c3cc(-c4ccc(-c5ncccn5)cc4)cc(-c4nc(-c5ccccc5)c5cc(-c6ccccc6)ccc5n4)c3)cc2)N=C1. The second kappa shape index (κ2) is 13.7. The molecule has 6 aromatic carbocycles. The van der Waals surface area contributed by atoms with Gasteiger partial charge in [0.15, 0.2) is 11.6 Å². The van der Waals surface area contributed by atoms with Gasteiger partial charge in [0, 0.05) is 40.7 Å². The summed E-state index contributed by atoms with van der Waals surface area (Å²) in [6.07, 6.45) is 9.08. The number of hydrogen-bond donors (Lipinski definition) is 1. The molecule has 2 aromatic heterocycles. The fourth-order valence-corrected chi connectivity index (χ4v) is 6.64. The summed E-state index contributed by atoms with van der Waals surface area (Å²) in [7, 11) is 0. The summed E-state index contributed by atoms with van der Waals surface area (Å²) in [6, 6.07) is 52.7. The van der Waals surface area contributed by atoms with E-state index in [1.54, 1.807) is 12.4 Å². The first-order valence-electron chi connectivity index (χ1n) is 17.3. The number of hydrogen-bond acceptors (Lipinski definition) is 6. The second-order valence-electron chi connectivity index (χ2n) is 12.7. The molecule has 3 heterocycles. The molecule has 0 saturated heterocycles. The van der Waals surface area contributed by atoms with E-state index >= 15 is 0 Å². The molecule has 246 valence electrons. The molecule has 6 nitrogen and oxygen atoms in total. The second-order valence-corrected chi connectivity index (χ2v) is 12.7. The number of nitrogens with zero attached hydrogens (tertiary/aromatic N) is 5. The van der Waals surface area contributed by atoms with Gasteiger partial charge >= 0.3 is 0 Å². The lowest BCUT2D eigenvalue weighted by Gasteiger charge is -2.16. The lowest BCUT2D eigenvalue weighted by molar-refractivity contribution is 0.653. The van der Waals surface area contributed by atoms with Crippen LogP contribution in [0.4, 0.5) is 0 Å². The highest BCUT2D eigenvalue weighted by molar-refractivity contribution is 5.96. The number of nitrogens with one attached hydrogen (secondary N) is 1. The van der Waals surface area contributed by atoms with E-state index in [9.17, 15) is 0 Å². The Morgan fingerprint density at radius 1 is 0.442 bits per heavy atom. The monoisotopic (exact) mass is 668 g/mol. The van der Waals surface area contributed by atoms with Crippen molar-refractivity contribution in [1.29, 1.82) is 0 Å². The van der Waals surface area contributed by atoms with E-state index in [0.717, 1.165) is 72.2 Å². The molecule has 8 aromatic rings. The minimum atomic E-state index is -0.0992. The maximum absolute atomic E-state index is 5.32. The van der Waals surface area contributed by atoms with Crippen LogP contribution in [0.2, 0.25) is 0 Å². The van der Waals surface area contributed by atoms with Crippen LogP contribution in [-0.2, 0) is 0 Å². The smallest absolute Gasteiger partial charge is 0.160 e. The molecule has 0 amide bonds. The van der Waals surface area contributed by atoms with Crippen molar-refractivity contribution in [1.82, 2.24) is 25.3 Å². The number of allylic oxidation sites excluding steroid dienone is 1. The van der Waals surface area contributed by atoms with Crippen LogP contribution in [0.5, 0.6) is 0 Å². The Labute approximate surface area is 302 Å². The zero-order chi connectivity index (χ0) is 34.7. The number of aromatic nitrogens is 4. The number of rotatable bonds is 7. The van der Waals surface area contributed by atoms with Crippen molar-refractivity contribution in [2.75, 3.05) is 0 Å². The minimum absolute atomic E-state index is 0.0992. The van der Waals surface area contributed by atoms with Crippen LogP contribution in [0.3, 0.4) is 0 Å². The van der Waals surface area contributed by atoms with Gasteiger partial charge in [-0.3, -0.25) is 4.99 Å². The van der Waals surface area contributed by atoms with Gasteiger partial charge in [-0.15, -0.1) is 0 Å². The van der Waals surface area contributed by atoms with Crippen LogP contribution < -0.4 is 5.32 Å². The van der Waals surface area contributed by atoms with Crippen LogP contribution in [0.15, 0.2) is 181 Å². The van der Waals surface area contributed by atoms with Crippen molar-refractivity contribution in [3.8, 4) is 67.4 Å². The maximum Gasteiger partial charge on any atom is 0.160 e. The van der Waals surface area contributed by atoms with Crippen molar-refractivity contribution in [3.63, 3.8) is 0 Å². The van der Waals surface area contributed by atoms with Crippen molar-refractivity contribution in [3.05, 3.63) is 182 Å². The highest BCUT2D eigenvalue weighted by Crippen LogP contribution is 2.36. The fraction of sp³-hybridized carbons (Fsp3) is 0.0217. The van der Waals surface area contributed by atoms with Crippen molar-refractivity contribution in [2.24, 2.45) is 4.99 Å². The van der Waals surface area contributed by atoms with Gasteiger partial charge in [-0.2, -0.15) is 0 Å². The Morgan fingerprint density at radius 3 is 1.71 bits per heavy atom. The Kier molecular flexibility index (Phi) is 8.15. The molecule has 0 fully saturated rings. The predicted octanol–water partition coefficient (Wildman–Crippen LogP) is 10.6. The molecule has 52 heavy (non-hydrogen) atoms. The molecule has 1 aliphatic rings. The van der Waals surface area contributed by atoms with Crippen molar-refractivity contribution < 1.29 is 0 Å². The molecule has 1 N–H and O–H groups in total. The first-order valence-corrected chi connectivity index (χ1v) is 17.3. The zero-order valence-corrected chi connectivity index (χ0v) is 28.1. The summed E-state index contributed by atoms with van der Waals surface area (Å²) in [4.78, 5) is 24.0. The average molecular weight is 669 g/mol. The Balaban J connectivity index is 1.19. The summed E-state index contributed by atoms with van der Waals surface area (Å²) in [5.74, 6) is 1.37. The molecule has 1 aliphatic heterocycles. The number of fused-ring (bicyclic) bond motifs is 1. The Hall–Kier alpha value is -7.05. The third-order valence-electron chi connectivity index (χ3n) is 9.31. The molecule has 0 spiro atoms. The van der Waals surface area contributed by atoms with Gasteiger partial charge in [0.2, 0.25) is 0 Å². The summed E-state index contributed by atoms with van der Waals surface area (Å²) in [5.41, 5.74) is 12.4. The Bertz CT molecular complexity index is 2570. The number of benzene rings is 6. The summed E-state index contributed by atoms with van der Waals surface area (Å²) in [5, 5.41) is 4.32. The first-order chi connectivity index (χ1) is 25.7. The van der Waals surface area contributed by atoms with Gasteiger partial charge in [0.25, 0.3) is 0 Å². The van der Waals surface area contributed by atoms with E-state index in [0.29, 0.717) is 11.6 Å². The molecule has 0 radical (unpaired) electrons. The molecule has 0 aliphatic carbocycles. The zero-order valence-electron chi connectivity index (χ0n) is 28.1. The maximum atomic E-state index is 5.32. The van der Waals surface area contributed by atoms with Gasteiger partial charge in [-0.25, -0.2) is 19.9 Å². The van der Waals surface area contributed by atoms with Crippen LogP contribution >= 0.6 is 0 Å². The molecule has 1 atom stereocenters. The molecule has 1 unspecified atom stereocenters. The third-order valence-corrected chi connectivity index (χ3v) is 9.31. The largest absolute Gasteiger partial charge is 0.366 e. The highest BCUT2D eigenvalue weighted by Gasteiger charge is 2.16. The van der Waals surface area contributed by atoms with Crippen LogP contribution in [-0.4, -0.2) is 26.2 Å². The number of aliphatic imine (C=N–C) groups is 1. The Morgan fingerprint density at radius 2 is 1.04 bits per heavy atom. The predicted molar refractivity (Wildman–Crippen MR) is 211 cm³/mol. The van der Waals surface area contributed by atoms with E-state index < -0.39 is 0 Å². The first kappa shape index (κ1) is 31.0. The van der Waals surface area contributed by atoms with Crippen molar-refractivity contribution in [2.45, 2.75) is 6.17 Å². The molecular weight excluding hydrogens is 637 g/mol. The summed E-state index contributed by atoms with van der Waals surface area (Å²) in [6.45, 7) is 0. The van der Waals surface area contributed by atoms with Crippen LogP contribution in [0.25, 0.3) is 78.3 Å². The van der Waals surface area contributed by atoms with Gasteiger partial charge in [0.05, 0.1) is 11.2 Å². The van der Waals surface area contributed by atoms with Crippen LogP contribution in [0, 0.1) is 0 Å². The van der Waals surface area contributed by atoms with Crippen LogP contribution in [0.1, 0.15) is 11.7 Å². The molecule has 0 saturated carbocycles. The molecule has 0 bridgehead atoms. The quantitative estimate of drug-likeness (QED) is 0.183.